The lowest BCUT2D eigenvalue weighted by atomic mass is 10.3. The minimum Gasteiger partial charge on any atom is -0.468 e. The minimum atomic E-state index is -3.80. The predicted molar refractivity (Wildman–Crippen MR) is 77.2 cm³/mol. The Morgan fingerprint density at radius 2 is 2.25 bits per heavy atom. The Bertz CT molecular complexity index is 688. The largest absolute Gasteiger partial charge is 0.468 e. The molecule has 9 heteroatoms. The number of anilines is 1. The Balaban J connectivity index is 2.33. The Morgan fingerprint density at radius 1 is 1.50 bits per heavy atom. The number of pyridine rings is 1. The van der Waals surface area contributed by atoms with Crippen LogP contribution in [0.1, 0.15) is 18.7 Å². The van der Waals surface area contributed by atoms with E-state index in [-0.39, 0.29) is 10.7 Å². The van der Waals surface area contributed by atoms with E-state index in [1.165, 1.54) is 18.5 Å². The van der Waals surface area contributed by atoms with Crippen LogP contribution in [0.2, 0.25) is 0 Å². The Hall–Kier alpha value is -1.42. The van der Waals surface area contributed by atoms with Gasteiger partial charge < -0.3 is 9.84 Å². The molecule has 7 nitrogen and oxygen atoms in total. The van der Waals surface area contributed by atoms with Crippen molar-refractivity contribution in [2.24, 2.45) is 5.84 Å². The molecule has 0 fully saturated rings. The van der Waals surface area contributed by atoms with Gasteiger partial charge in [0.15, 0.2) is 5.82 Å². The lowest BCUT2D eigenvalue weighted by Gasteiger charge is -2.14. The SMILES string of the molecule is CC(NS(=O)(=O)c1cc(Br)cnc1NN)c1ccco1. The van der Waals surface area contributed by atoms with E-state index in [1.54, 1.807) is 19.1 Å². The number of rotatable bonds is 5. The van der Waals surface area contributed by atoms with Gasteiger partial charge in [-0.1, -0.05) is 0 Å². The maximum absolute atomic E-state index is 12.4. The lowest BCUT2D eigenvalue weighted by molar-refractivity contribution is 0.459. The number of aromatic nitrogens is 1. The number of nitrogens with one attached hydrogen (secondary N) is 2. The molecule has 0 saturated heterocycles. The molecular formula is C11H13BrN4O3S. The van der Waals surface area contributed by atoms with Gasteiger partial charge in [-0.2, -0.15) is 0 Å². The first-order chi connectivity index (χ1) is 9.44. The summed E-state index contributed by atoms with van der Waals surface area (Å²) in [6, 6.07) is 4.28. The third-order valence-electron chi connectivity index (χ3n) is 2.55. The van der Waals surface area contributed by atoms with Gasteiger partial charge in [0.2, 0.25) is 10.0 Å². The van der Waals surface area contributed by atoms with E-state index >= 15 is 0 Å². The van der Waals surface area contributed by atoms with Crippen molar-refractivity contribution in [1.29, 1.82) is 0 Å². The van der Waals surface area contributed by atoms with E-state index in [1.807, 2.05) is 0 Å². The summed E-state index contributed by atoms with van der Waals surface area (Å²) < 4.78 is 32.9. The van der Waals surface area contributed by atoms with E-state index in [0.717, 1.165) is 0 Å². The van der Waals surface area contributed by atoms with E-state index in [4.69, 9.17) is 10.3 Å². The molecular weight excluding hydrogens is 348 g/mol. The molecule has 20 heavy (non-hydrogen) atoms. The van der Waals surface area contributed by atoms with E-state index in [0.29, 0.717) is 10.2 Å². The van der Waals surface area contributed by atoms with Crippen molar-refractivity contribution < 1.29 is 12.8 Å². The van der Waals surface area contributed by atoms with Crippen LogP contribution >= 0.6 is 15.9 Å². The van der Waals surface area contributed by atoms with Gasteiger partial charge in [0.1, 0.15) is 10.7 Å². The summed E-state index contributed by atoms with van der Waals surface area (Å²) in [6.07, 6.45) is 2.93. The van der Waals surface area contributed by atoms with Gasteiger partial charge in [0, 0.05) is 10.7 Å². The third-order valence-corrected chi connectivity index (χ3v) is 4.54. The van der Waals surface area contributed by atoms with Crippen LogP contribution in [0.25, 0.3) is 0 Å². The molecule has 2 rings (SSSR count). The van der Waals surface area contributed by atoms with Gasteiger partial charge in [-0.25, -0.2) is 24.0 Å². The van der Waals surface area contributed by atoms with Crippen LogP contribution in [0.15, 0.2) is 44.4 Å². The van der Waals surface area contributed by atoms with Crippen molar-refractivity contribution in [3.63, 3.8) is 0 Å². The summed E-state index contributed by atoms with van der Waals surface area (Å²) >= 11 is 3.18. The normalized spacial score (nSPS) is 13.2. The summed E-state index contributed by atoms with van der Waals surface area (Å²) in [5, 5.41) is 0. The summed E-state index contributed by atoms with van der Waals surface area (Å²) in [5.41, 5.74) is 2.26. The third kappa shape index (κ3) is 3.18. The molecule has 0 aliphatic carbocycles. The number of nitrogens with two attached hydrogens (primary N) is 1. The summed E-state index contributed by atoms with van der Waals surface area (Å²) in [4.78, 5) is 3.86. The molecule has 4 N–H and O–H groups in total. The molecule has 0 spiro atoms. The number of nitrogens with zero attached hydrogens (tertiary/aromatic N) is 1. The molecule has 2 aromatic rings. The van der Waals surface area contributed by atoms with E-state index in [9.17, 15) is 8.42 Å². The fraction of sp³-hybridized carbons (Fsp3) is 0.182. The molecule has 1 atom stereocenters. The van der Waals surface area contributed by atoms with Crippen LogP contribution in [0, 0.1) is 0 Å². The molecule has 0 aromatic carbocycles. The summed E-state index contributed by atoms with van der Waals surface area (Å²) in [6.45, 7) is 1.68. The van der Waals surface area contributed by atoms with Gasteiger partial charge in [-0.05, 0) is 41.1 Å². The second-order valence-corrected chi connectivity index (χ2v) is 6.60. The fourth-order valence-electron chi connectivity index (χ4n) is 1.63. The number of sulfonamides is 1. The first-order valence-electron chi connectivity index (χ1n) is 5.62. The standard InChI is InChI=1S/C11H13BrN4O3S/c1-7(9-3-2-4-19-9)16-20(17,18)10-5-8(12)6-14-11(10)15-13/h2-7,16H,13H2,1H3,(H,14,15). The monoisotopic (exact) mass is 360 g/mol. The van der Waals surface area contributed by atoms with E-state index < -0.39 is 16.1 Å². The maximum atomic E-state index is 12.4. The molecule has 0 radical (unpaired) electrons. The maximum Gasteiger partial charge on any atom is 0.244 e. The molecule has 0 aliphatic heterocycles. The molecule has 0 bridgehead atoms. The highest BCUT2D eigenvalue weighted by atomic mass is 79.9. The first-order valence-corrected chi connectivity index (χ1v) is 7.89. The van der Waals surface area contributed by atoms with Crippen LogP contribution in [0.4, 0.5) is 5.82 Å². The highest BCUT2D eigenvalue weighted by Crippen LogP contribution is 2.24. The highest BCUT2D eigenvalue weighted by Gasteiger charge is 2.23. The van der Waals surface area contributed by atoms with Crippen molar-refractivity contribution in [2.45, 2.75) is 17.9 Å². The molecule has 0 saturated carbocycles. The van der Waals surface area contributed by atoms with Gasteiger partial charge in [0.25, 0.3) is 0 Å². The van der Waals surface area contributed by atoms with Gasteiger partial charge in [-0.15, -0.1) is 0 Å². The number of hydrazine groups is 1. The van der Waals surface area contributed by atoms with Crippen molar-refractivity contribution in [3.05, 3.63) is 40.9 Å². The molecule has 2 heterocycles. The van der Waals surface area contributed by atoms with E-state index in [2.05, 4.69) is 31.1 Å². The predicted octanol–water partition coefficient (Wildman–Crippen LogP) is 1.76. The smallest absolute Gasteiger partial charge is 0.244 e. The second-order valence-electron chi connectivity index (χ2n) is 4.00. The minimum absolute atomic E-state index is 0.0484. The highest BCUT2D eigenvalue weighted by molar-refractivity contribution is 9.10. The van der Waals surface area contributed by atoms with Crippen LogP contribution < -0.4 is 16.0 Å². The molecule has 0 aliphatic rings. The Morgan fingerprint density at radius 3 is 2.85 bits per heavy atom. The lowest BCUT2D eigenvalue weighted by Crippen LogP contribution is -2.28. The molecule has 0 amide bonds. The van der Waals surface area contributed by atoms with Crippen molar-refractivity contribution >= 4 is 31.8 Å². The number of nitrogen functional groups attached to an aromatic ring is 1. The zero-order valence-electron chi connectivity index (χ0n) is 10.5. The van der Waals surface area contributed by atoms with Crippen LogP contribution in [0.3, 0.4) is 0 Å². The quantitative estimate of drug-likeness (QED) is 0.553. The average Bonchev–Trinajstić information content (AvgIpc) is 2.92. The molecule has 108 valence electrons. The average molecular weight is 361 g/mol. The molecule has 1 unspecified atom stereocenters. The van der Waals surface area contributed by atoms with Crippen LogP contribution in [-0.4, -0.2) is 13.4 Å². The zero-order chi connectivity index (χ0) is 14.8. The second kappa shape index (κ2) is 5.92. The Kier molecular flexibility index (Phi) is 4.43. The van der Waals surface area contributed by atoms with Crippen LogP contribution in [-0.2, 0) is 10.0 Å². The van der Waals surface area contributed by atoms with Crippen LogP contribution in [0.5, 0.6) is 0 Å². The Labute approximate surface area is 124 Å². The number of hydrogen-bond donors (Lipinski definition) is 3. The number of furan rings is 1. The number of halogens is 1. The summed E-state index contributed by atoms with van der Waals surface area (Å²) in [5.74, 6) is 5.86. The van der Waals surface area contributed by atoms with Gasteiger partial charge in [-0.3, -0.25) is 0 Å². The van der Waals surface area contributed by atoms with Crippen molar-refractivity contribution in [2.75, 3.05) is 5.43 Å². The van der Waals surface area contributed by atoms with Crippen molar-refractivity contribution in [3.8, 4) is 0 Å². The van der Waals surface area contributed by atoms with Gasteiger partial charge >= 0.3 is 0 Å². The summed E-state index contributed by atoms with van der Waals surface area (Å²) in [7, 11) is -3.80. The number of hydrogen-bond acceptors (Lipinski definition) is 6. The van der Waals surface area contributed by atoms with Gasteiger partial charge in [0.05, 0.1) is 12.3 Å². The first kappa shape index (κ1) is 15.0. The van der Waals surface area contributed by atoms with Crippen molar-refractivity contribution in [1.82, 2.24) is 9.71 Å². The topological polar surface area (TPSA) is 110 Å². The zero-order valence-corrected chi connectivity index (χ0v) is 12.9. The fourth-order valence-corrected chi connectivity index (χ4v) is 3.47. The molecule has 2 aromatic heterocycles.